The number of ether oxygens (including phenoxy) is 1. The minimum atomic E-state index is -0.391. The van der Waals surface area contributed by atoms with Crippen LogP contribution < -0.4 is 10.1 Å². The topological polar surface area (TPSA) is 58.6 Å². The fourth-order valence-corrected chi connectivity index (χ4v) is 2.38. The normalized spacial score (nSPS) is 16.9. The van der Waals surface area contributed by atoms with Crippen LogP contribution in [-0.2, 0) is 0 Å². The van der Waals surface area contributed by atoms with Crippen molar-refractivity contribution in [3.05, 3.63) is 29.8 Å². The second kappa shape index (κ2) is 7.29. The molecule has 0 aromatic heterocycles. The molecule has 0 bridgehead atoms. The average Bonchev–Trinajstić information content (AvgIpc) is 2.92. The highest BCUT2D eigenvalue weighted by atomic mass is 16.5. The minimum Gasteiger partial charge on any atom is -0.490 e. The Bertz CT molecular complexity index is 422. The molecule has 4 heteroatoms. The molecular weight excluding hydrogens is 254 g/mol. The quantitative estimate of drug-likeness (QED) is 0.840. The van der Waals surface area contributed by atoms with Crippen molar-refractivity contribution in [2.75, 3.05) is 6.54 Å². The van der Waals surface area contributed by atoms with Crippen LogP contribution in [0.4, 0.5) is 0 Å². The van der Waals surface area contributed by atoms with E-state index in [2.05, 4.69) is 5.32 Å². The number of benzene rings is 1. The molecule has 2 rings (SSSR count). The van der Waals surface area contributed by atoms with Crippen molar-refractivity contribution < 1.29 is 14.6 Å². The van der Waals surface area contributed by atoms with Crippen LogP contribution in [0, 0.1) is 0 Å². The number of hydrogen-bond donors (Lipinski definition) is 2. The summed E-state index contributed by atoms with van der Waals surface area (Å²) < 4.78 is 5.86. The summed E-state index contributed by atoms with van der Waals surface area (Å²) in [6.45, 7) is 2.19. The number of nitrogens with one attached hydrogen (secondary N) is 1. The van der Waals surface area contributed by atoms with Gasteiger partial charge in [0.25, 0.3) is 5.91 Å². The summed E-state index contributed by atoms with van der Waals surface area (Å²) in [4.78, 5) is 11.8. The van der Waals surface area contributed by atoms with Gasteiger partial charge in [0.1, 0.15) is 5.75 Å². The zero-order valence-corrected chi connectivity index (χ0v) is 12.0. The molecule has 1 fully saturated rings. The molecule has 0 aliphatic heterocycles. The van der Waals surface area contributed by atoms with Gasteiger partial charge in [-0.1, -0.05) is 0 Å². The largest absolute Gasteiger partial charge is 0.490 e. The SMILES string of the molecule is CC(O)CCNC(=O)c1ccc(OC2CCCC2)cc1. The maximum absolute atomic E-state index is 11.8. The lowest BCUT2D eigenvalue weighted by atomic mass is 10.2. The van der Waals surface area contributed by atoms with E-state index >= 15 is 0 Å². The smallest absolute Gasteiger partial charge is 0.251 e. The standard InChI is InChI=1S/C16H23NO3/c1-12(18)10-11-17-16(19)13-6-8-15(9-7-13)20-14-4-2-3-5-14/h6-9,12,14,18H,2-5,10-11H2,1H3,(H,17,19). The zero-order chi connectivity index (χ0) is 14.4. The number of carbonyl (C=O) groups excluding carboxylic acids is 1. The number of aliphatic hydroxyl groups excluding tert-OH is 1. The molecule has 0 spiro atoms. The first-order valence-corrected chi connectivity index (χ1v) is 7.38. The van der Waals surface area contributed by atoms with Gasteiger partial charge in [-0.3, -0.25) is 4.79 Å². The van der Waals surface area contributed by atoms with E-state index in [1.54, 1.807) is 19.1 Å². The number of hydrogen-bond acceptors (Lipinski definition) is 3. The Morgan fingerprint density at radius 2 is 2.00 bits per heavy atom. The molecule has 20 heavy (non-hydrogen) atoms. The van der Waals surface area contributed by atoms with Crippen LogP contribution in [0.3, 0.4) is 0 Å². The number of rotatable bonds is 6. The van der Waals surface area contributed by atoms with Gasteiger partial charge in [-0.15, -0.1) is 0 Å². The van der Waals surface area contributed by atoms with Crippen molar-refractivity contribution >= 4 is 5.91 Å². The van der Waals surface area contributed by atoms with Gasteiger partial charge >= 0.3 is 0 Å². The summed E-state index contributed by atoms with van der Waals surface area (Å²) in [6, 6.07) is 7.26. The molecule has 1 amide bonds. The molecule has 4 nitrogen and oxygen atoms in total. The summed E-state index contributed by atoms with van der Waals surface area (Å²) in [5.41, 5.74) is 0.620. The zero-order valence-electron chi connectivity index (χ0n) is 12.0. The van der Waals surface area contributed by atoms with Gasteiger partial charge in [0.05, 0.1) is 12.2 Å². The second-order valence-electron chi connectivity index (χ2n) is 5.44. The van der Waals surface area contributed by atoms with Gasteiger partial charge in [-0.05, 0) is 63.3 Å². The van der Waals surface area contributed by atoms with E-state index < -0.39 is 6.10 Å². The molecule has 0 saturated heterocycles. The maximum Gasteiger partial charge on any atom is 0.251 e. The summed E-state index contributed by atoms with van der Waals surface area (Å²) in [6.07, 6.45) is 5.25. The van der Waals surface area contributed by atoms with Crippen molar-refractivity contribution in [2.45, 2.75) is 51.2 Å². The monoisotopic (exact) mass is 277 g/mol. The molecule has 110 valence electrons. The van der Waals surface area contributed by atoms with E-state index in [0.717, 1.165) is 18.6 Å². The summed E-state index contributed by atoms with van der Waals surface area (Å²) in [5, 5.41) is 11.9. The fraction of sp³-hybridized carbons (Fsp3) is 0.562. The van der Waals surface area contributed by atoms with Gasteiger partial charge in [0.15, 0.2) is 0 Å². The molecule has 1 aliphatic carbocycles. The molecule has 0 heterocycles. The first-order chi connectivity index (χ1) is 9.65. The van der Waals surface area contributed by atoms with Crippen LogP contribution >= 0.6 is 0 Å². The van der Waals surface area contributed by atoms with E-state index in [-0.39, 0.29) is 5.91 Å². The highest BCUT2D eigenvalue weighted by molar-refractivity contribution is 5.94. The van der Waals surface area contributed by atoms with Gasteiger partial charge in [-0.2, -0.15) is 0 Å². The average molecular weight is 277 g/mol. The minimum absolute atomic E-state index is 0.113. The van der Waals surface area contributed by atoms with E-state index in [1.165, 1.54) is 12.8 Å². The number of carbonyl (C=O) groups is 1. The van der Waals surface area contributed by atoms with Crippen LogP contribution in [0.5, 0.6) is 5.75 Å². The molecule has 1 saturated carbocycles. The molecule has 1 aromatic rings. The van der Waals surface area contributed by atoms with E-state index in [0.29, 0.717) is 24.6 Å². The van der Waals surface area contributed by atoms with E-state index in [9.17, 15) is 4.79 Å². The summed E-state index contributed by atoms with van der Waals surface area (Å²) in [7, 11) is 0. The fourth-order valence-electron chi connectivity index (χ4n) is 2.38. The number of amides is 1. The molecule has 0 radical (unpaired) electrons. The van der Waals surface area contributed by atoms with Crippen molar-refractivity contribution in [2.24, 2.45) is 0 Å². The number of aliphatic hydroxyl groups is 1. The van der Waals surface area contributed by atoms with E-state index in [4.69, 9.17) is 9.84 Å². The lowest BCUT2D eigenvalue weighted by Crippen LogP contribution is -2.26. The summed E-state index contributed by atoms with van der Waals surface area (Å²) >= 11 is 0. The van der Waals surface area contributed by atoms with Gasteiger partial charge in [0.2, 0.25) is 0 Å². The molecule has 1 unspecified atom stereocenters. The highest BCUT2D eigenvalue weighted by Gasteiger charge is 2.16. The van der Waals surface area contributed by atoms with Crippen molar-refractivity contribution in [1.82, 2.24) is 5.32 Å². The van der Waals surface area contributed by atoms with Crippen LogP contribution in [0.1, 0.15) is 49.4 Å². The van der Waals surface area contributed by atoms with Crippen LogP contribution in [-0.4, -0.2) is 29.8 Å². The van der Waals surface area contributed by atoms with Crippen molar-refractivity contribution in [3.63, 3.8) is 0 Å². The Morgan fingerprint density at radius 1 is 1.35 bits per heavy atom. The van der Waals surface area contributed by atoms with Crippen molar-refractivity contribution in [1.29, 1.82) is 0 Å². The predicted molar refractivity (Wildman–Crippen MR) is 78.0 cm³/mol. The van der Waals surface area contributed by atoms with Crippen LogP contribution in [0.2, 0.25) is 0 Å². The maximum atomic E-state index is 11.8. The lowest BCUT2D eigenvalue weighted by molar-refractivity contribution is 0.0945. The third-order valence-electron chi connectivity index (χ3n) is 3.57. The van der Waals surface area contributed by atoms with Crippen LogP contribution in [0.15, 0.2) is 24.3 Å². The third kappa shape index (κ3) is 4.53. The molecular formula is C16H23NO3. The Balaban J connectivity index is 1.82. The van der Waals surface area contributed by atoms with Gasteiger partial charge in [0, 0.05) is 12.1 Å². The Kier molecular flexibility index (Phi) is 5.41. The Labute approximate surface area is 120 Å². The molecule has 1 atom stereocenters. The summed E-state index contributed by atoms with van der Waals surface area (Å²) in [5.74, 6) is 0.718. The lowest BCUT2D eigenvalue weighted by Gasteiger charge is -2.13. The van der Waals surface area contributed by atoms with Gasteiger partial charge in [-0.25, -0.2) is 0 Å². The molecule has 1 aromatic carbocycles. The van der Waals surface area contributed by atoms with Crippen LogP contribution in [0.25, 0.3) is 0 Å². The highest BCUT2D eigenvalue weighted by Crippen LogP contribution is 2.24. The first kappa shape index (κ1) is 14.9. The predicted octanol–water partition coefficient (Wildman–Crippen LogP) is 2.51. The molecule has 2 N–H and O–H groups in total. The van der Waals surface area contributed by atoms with Crippen molar-refractivity contribution in [3.8, 4) is 5.75 Å². The Hall–Kier alpha value is -1.55. The third-order valence-corrected chi connectivity index (χ3v) is 3.57. The second-order valence-corrected chi connectivity index (χ2v) is 5.44. The first-order valence-electron chi connectivity index (χ1n) is 7.38. The van der Waals surface area contributed by atoms with Gasteiger partial charge < -0.3 is 15.2 Å². The van der Waals surface area contributed by atoms with E-state index in [1.807, 2.05) is 12.1 Å². The Morgan fingerprint density at radius 3 is 2.60 bits per heavy atom. The molecule has 1 aliphatic rings.